The molecule has 24 heavy (non-hydrogen) atoms. The fraction of sp³-hybridized carbons (Fsp3) is 0.263. The number of nitrogens with one attached hydrogen (secondary N) is 1. The van der Waals surface area contributed by atoms with Crippen LogP contribution < -0.4 is 5.32 Å². The molecular weight excluding hydrogens is 370 g/mol. The molecule has 0 aromatic heterocycles. The largest absolute Gasteiger partial charge is 0.452 e. The van der Waals surface area contributed by atoms with Gasteiger partial charge in [0.15, 0.2) is 6.61 Å². The fourth-order valence-corrected chi connectivity index (χ4v) is 2.39. The maximum Gasteiger partial charge on any atom is 0.338 e. The van der Waals surface area contributed by atoms with Crippen LogP contribution in [0, 0.1) is 0 Å². The van der Waals surface area contributed by atoms with Crippen molar-refractivity contribution >= 4 is 33.5 Å². The lowest BCUT2D eigenvalue weighted by Crippen LogP contribution is -2.20. The highest BCUT2D eigenvalue weighted by atomic mass is 79.9. The summed E-state index contributed by atoms with van der Waals surface area (Å²) in [5, 5.41) is 2.72. The summed E-state index contributed by atoms with van der Waals surface area (Å²) in [5.74, 6) is -0.400. The minimum absolute atomic E-state index is 0.317. The van der Waals surface area contributed by atoms with Gasteiger partial charge < -0.3 is 10.1 Å². The van der Waals surface area contributed by atoms with Crippen molar-refractivity contribution in [1.29, 1.82) is 0 Å². The Balaban J connectivity index is 1.84. The predicted molar refractivity (Wildman–Crippen MR) is 98.2 cm³/mol. The number of hydrogen-bond donors (Lipinski definition) is 1. The van der Waals surface area contributed by atoms with Crippen LogP contribution in [0.4, 0.5) is 5.69 Å². The molecule has 0 aliphatic heterocycles. The van der Waals surface area contributed by atoms with Gasteiger partial charge in [-0.15, -0.1) is 0 Å². The number of benzene rings is 2. The van der Waals surface area contributed by atoms with Crippen LogP contribution in [0.2, 0.25) is 0 Å². The van der Waals surface area contributed by atoms with E-state index >= 15 is 0 Å². The second-order valence-electron chi connectivity index (χ2n) is 5.56. The summed E-state index contributed by atoms with van der Waals surface area (Å²) in [4.78, 5) is 23.7. The van der Waals surface area contributed by atoms with Crippen LogP contribution in [0.25, 0.3) is 0 Å². The highest BCUT2D eigenvalue weighted by molar-refractivity contribution is 9.10. The minimum Gasteiger partial charge on any atom is -0.452 e. The number of rotatable bonds is 6. The van der Waals surface area contributed by atoms with Gasteiger partial charge in [-0.1, -0.05) is 41.9 Å². The van der Waals surface area contributed by atoms with E-state index in [9.17, 15) is 9.59 Å². The van der Waals surface area contributed by atoms with Crippen LogP contribution in [-0.4, -0.2) is 18.5 Å². The molecule has 0 unspecified atom stereocenters. The molecular formula is C19H20BrNO3. The maximum atomic E-state index is 11.9. The fourth-order valence-electron chi connectivity index (χ4n) is 2.13. The summed E-state index contributed by atoms with van der Waals surface area (Å²) in [6.07, 6.45) is 1.07. The zero-order valence-corrected chi connectivity index (χ0v) is 15.3. The Hall–Kier alpha value is -2.14. The van der Waals surface area contributed by atoms with Crippen molar-refractivity contribution in [3.63, 3.8) is 0 Å². The smallest absolute Gasteiger partial charge is 0.338 e. The maximum absolute atomic E-state index is 11.9. The molecule has 2 aromatic carbocycles. The second-order valence-corrected chi connectivity index (χ2v) is 6.48. The van der Waals surface area contributed by atoms with Gasteiger partial charge in [-0.3, -0.25) is 4.79 Å². The molecule has 1 atom stereocenters. The lowest BCUT2D eigenvalue weighted by Gasteiger charge is -2.10. The molecule has 1 N–H and O–H groups in total. The summed E-state index contributed by atoms with van der Waals surface area (Å²) in [6.45, 7) is 3.98. The van der Waals surface area contributed by atoms with Crippen molar-refractivity contribution in [3.05, 3.63) is 64.1 Å². The average molecular weight is 390 g/mol. The molecule has 2 aromatic rings. The van der Waals surface area contributed by atoms with Crippen molar-refractivity contribution < 1.29 is 14.3 Å². The normalized spacial score (nSPS) is 11.6. The Morgan fingerprint density at radius 3 is 2.29 bits per heavy atom. The van der Waals surface area contributed by atoms with Crippen LogP contribution in [-0.2, 0) is 9.53 Å². The van der Waals surface area contributed by atoms with E-state index in [0.717, 1.165) is 10.9 Å². The standard InChI is InChI=1S/C19H20BrNO3/c1-3-13(2)14-6-10-17(11-7-14)21-18(22)12-24-19(23)15-4-8-16(20)9-5-15/h4-11,13H,3,12H2,1-2H3,(H,21,22)/t13-/m0/s1. The van der Waals surface area contributed by atoms with E-state index in [0.29, 0.717) is 17.2 Å². The number of ether oxygens (including phenoxy) is 1. The lowest BCUT2D eigenvalue weighted by molar-refractivity contribution is -0.119. The van der Waals surface area contributed by atoms with Crippen molar-refractivity contribution in [2.75, 3.05) is 11.9 Å². The first-order valence-electron chi connectivity index (χ1n) is 7.82. The third-order valence-electron chi connectivity index (χ3n) is 3.79. The number of halogens is 1. The number of carbonyl (C=O) groups excluding carboxylic acids is 2. The Morgan fingerprint density at radius 2 is 1.71 bits per heavy atom. The van der Waals surface area contributed by atoms with E-state index < -0.39 is 5.97 Å². The van der Waals surface area contributed by atoms with Crippen LogP contribution in [0.15, 0.2) is 53.0 Å². The SMILES string of the molecule is CC[C@H](C)c1ccc(NC(=O)COC(=O)c2ccc(Br)cc2)cc1. The van der Waals surface area contributed by atoms with E-state index in [1.807, 2.05) is 24.3 Å². The first-order valence-corrected chi connectivity index (χ1v) is 8.61. The summed E-state index contributed by atoms with van der Waals surface area (Å²) in [7, 11) is 0. The molecule has 0 fully saturated rings. The molecule has 5 heteroatoms. The van der Waals surface area contributed by atoms with Crippen molar-refractivity contribution in [2.24, 2.45) is 0 Å². The molecule has 0 spiro atoms. The topological polar surface area (TPSA) is 55.4 Å². The van der Waals surface area contributed by atoms with Crippen LogP contribution in [0.3, 0.4) is 0 Å². The monoisotopic (exact) mass is 389 g/mol. The molecule has 0 aliphatic carbocycles. The highest BCUT2D eigenvalue weighted by Gasteiger charge is 2.10. The Morgan fingerprint density at radius 1 is 1.08 bits per heavy atom. The molecule has 0 radical (unpaired) electrons. The zero-order valence-electron chi connectivity index (χ0n) is 13.7. The van der Waals surface area contributed by atoms with Gasteiger partial charge in [0.1, 0.15) is 0 Å². The van der Waals surface area contributed by atoms with Gasteiger partial charge in [-0.25, -0.2) is 4.79 Å². The zero-order chi connectivity index (χ0) is 17.5. The predicted octanol–water partition coefficient (Wildman–Crippen LogP) is 4.76. The molecule has 1 amide bonds. The van der Waals surface area contributed by atoms with E-state index in [1.54, 1.807) is 24.3 Å². The quantitative estimate of drug-likeness (QED) is 0.724. The Kier molecular flexibility index (Phi) is 6.55. The van der Waals surface area contributed by atoms with Crippen LogP contribution >= 0.6 is 15.9 Å². The summed E-state index contributed by atoms with van der Waals surface area (Å²) < 4.78 is 5.89. The van der Waals surface area contributed by atoms with Gasteiger partial charge in [-0.05, 0) is 54.3 Å². The van der Waals surface area contributed by atoms with Gasteiger partial charge >= 0.3 is 5.97 Å². The molecule has 0 bridgehead atoms. The number of hydrogen-bond acceptors (Lipinski definition) is 3. The summed E-state index contributed by atoms with van der Waals surface area (Å²) >= 11 is 3.30. The third-order valence-corrected chi connectivity index (χ3v) is 4.32. The third kappa shape index (κ3) is 5.20. The van der Waals surface area contributed by atoms with Crippen molar-refractivity contribution in [1.82, 2.24) is 0 Å². The lowest BCUT2D eigenvalue weighted by atomic mass is 9.99. The first kappa shape index (κ1) is 18.2. The number of esters is 1. The van der Waals surface area contributed by atoms with Gasteiger partial charge in [-0.2, -0.15) is 0 Å². The van der Waals surface area contributed by atoms with E-state index in [4.69, 9.17) is 4.74 Å². The highest BCUT2D eigenvalue weighted by Crippen LogP contribution is 2.20. The average Bonchev–Trinajstić information content (AvgIpc) is 2.60. The molecule has 0 heterocycles. The number of amides is 1. The molecule has 0 saturated carbocycles. The van der Waals surface area contributed by atoms with Crippen LogP contribution in [0.1, 0.15) is 42.1 Å². The van der Waals surface area contributed by atoms with Gasteiger partial charge in [0.25, 0.3) is 5.91 Å². The number of anilines is 1. The molecule has 126 valence electrons. The van der Waals surface area contributed by atoms with E-state index in [-0.39, 0.29) is 12.5 Å². The molecule has 0 saturated heterocycles. The van der Waals surface area contributed by atoms with Crippen LogP contribution in [0.5, 0.6) is 0 Å². The summed E-state index contributed by atoms with van der Waals surface area (Å²) in [5.41, 5.74) is 2.33. The first-order chi connectivity index (χ1) is 11.5. The second kappa shape index (κ2) is 8.64. The molecule has 0 aliphatic rings. The van der Waals surface area contributed by atoms with Gasteiger partial charge in [0, 0.05) is 10.2 Å². The summed E-state index contributed by atoms with van der Waals surface area (Å²) in [6, 6.07) is 14.5. The number of carbonyl (C=O) groups is 2. The van der Waals surface area contributed by atoms with Crippen molar-refractivity contribution in [2.45, 2.75) is 26.2 Å². The molecule has 4 nitrogen and oxygen atoms in total. The van der Waals surface area contributed by atoms with Crippen molar-refractivity contribution in [3.8, 4) is 0 Å². The Bertz CT molecular complexity index is 696. The van der Waals surface area contributed by atoms with E-state index in [1.165, 1.54) is 5.56 Å². The minimum atomic E-state index is -0.523. The van der Waals surface area contributed by atoms with E-state index in [2.05, 4.69) is 35.1 Å². The Labute approximate surface area is 150 Å². The van der Waals surface area contributed by atoms with Gasteiger partial charge in [0.05, 0.1) is 5.56 Å². The molecule has 2 rings (SSSR count). The van der Waals surface area contributed by atoms with Gasteiger partial charge in [0.2, 0.25) is 0 Å².